The van der Waals surface area contributed by atoms with Gasteiger partial charge in [-0.3, -0.25) is 4.31 Å². The van der Waals surface area contributed by atoms with E-state index in [1.165, 1.54) is 4.31 Å². The lowest BCUT2D eigenvalue weighted by Crippen LogP contribution is -2.42. The van der Waals surface area contributed by atoms with Gasteiger partial charge in [0.1, 0.15) is 0 Å². The number of anilines is 2. The second kappa shape index (κ2) is 5.16. The predicted molar refractivity (Wildman–Crippen MR) is 73.6 cm³/mol. The van der Waals surface area contributed by atoms with Gasteiger partial charge in [0.15, 0.2) is 0 Å². The summed E-state index contributed by atoms with van der Waals surface area (Å²) < 4.78 is 28.6. The molecule has 0 radical (unpaired) electrons. The summed E-state index contributed by atoms with van der Waals surface area (Å²) in [5.74, 6) is 0. The molecular formula is C12H19N3O2S. The van der Waals surface area contributed by atoms with Crippen molar-refractivity contribution in [1.29, 1.82) is 0 Å². The van der Waals surface area contributed by atoms with Crippen LogP contribution in [-0.4, -0.2) is 21.0 Å². The summed E-state index contributed by atoms with van der Waals surface area (Å²) in [5.41, 5.74) is 6.89. The molecule has 0 atom stereocenters. The summed E-state index contributed by atoms with van der Waals surface area (Å²) in [5, 5.41) is 0. The Hall–Kier alpha value is -1.27. The van der Waals surface area contributed by atoms with Crippen LogP contribution in [-0.2, 0) is 10.2 Å². The highest BCUT2D eigenvalue weighted by atomic mass is 32.2. The van der Waals surface area contributed by atoms with E-state index in [4.69, 9.17) is 5.73 Å². The van der Waals surface area contributed by atoms with E-state index in [1.54, 1.807) is 24.3 Å². The fraction of sp³-hybridized carbons (Fsp3) is 0.500. The van der Waals surface area contributed by atoms with Gasteiger partial charge in [0.05, 0.1) is 5.69 Å². The first-order valence-electron chi connectivity index (χ1n) is 6.18. The lowest BCUT2D eigenvalue weighted by atomic mass is 10.3. The number of nitrogens with two attached hydrogens (primary N) is 1. The topological polar surface area (TPSA) is 75.4 Å². The Kier molecular flexibility index (Phi) is 3.77. The average molecular weight is 269 g/mol. The number of nitrogens with one attached hydrogen (secondary N) is 1. The van der Waals surface area contributed by atoms with Crippen LogP contribution >= 0.6 is 0 Å². The lowest BCUT2D eigenvalue weighted by molar-refractivity contribution is 0.575. The van der Waals surface area contributed by atoms with Crippen LogP contribution in [0.4, 0.5) is 11.4 Å². The number of hydrogen-bond acceptors (Lipinski definition) is 3. The van der Waals surface area contributed by atoms with Crippen LogP contribution in [0.25, 0.3) is 0 Å². The largest absolute Gasteiger partial charge is 0.399 e. The third-order valence-electron chi connectivity index (χ3n) is 2.77. The number of benzene rings is 1. The maximum absolute atomic E-state index is 12.3. The zero-order valence-corrected chi connectivity index (χ0v) is 11.3. The third kappa shape index (κ3) is 3.14. The lowest BCUT2D eigenvalue weighted by Gasteiger charge is -2.24. The second-order valence-corrected chi connectivity index (χ2v) is 6.19. The fourth-order valence-electron chi connectivity index (χ4n) is 1.75. The van der Waals surface area contributed by atoms with E-state index in [9.17, 15) is 8.42 Å². The van der Waals surface area contributed by atoms with Crippen LogP contribution in [0.2, 0.25) is 0 Å². The van der Waals surface area contributed by atoms with Crippen LogP contribution in [0.3, 0.4) is 0 Å². The van der Waals surface area contributed by atoms with E-state index in [1.807, 2.05) is 6.92 Å². The Labute approximate surface area is 108 Å². The Morgan fingerprint density at radius 2 is 2.17 bits per heavy atom. The van der Waals surface area contributed by atoms with E-state index >= 15 is 0 Å². The monoisotopic (exact) mass is 269 g/mol. The van der Waals surface area contributed by atoms with Crippen LogP contribution in [0.5, 0.6) is 0 Å². The molecule has 0 saturated heterocycles. The zero-order chi connectivity index (χ0) is 13.2. The first-order valence-corrected chi connectivity index (χ1v) is 7.62. The molecular weight excluding hydrogens is 250 g/mol. The number of nitrogen functional groups attached to an aromatic ring is 1. The van der Waals surface area contributed by atoms with Crippen molar-refractivity contribution in [3.05, 3.63) is 24.3 Å². The maximum Gasteiger partial charge on any atom is 0.301 e. The predicted octanol–water partition coefficient (Wildman–Crippen LogP) is 1.48. The highest BCUT2D eigenvalue weighted by Gasteiger charge is 2.30. The van der Waals surface area contributed by atoms with Gasteiger partial charge in [0.25, 0.3) is 0 Å². The van der Waals surface area contributed by atoms with Gasteiger partial charge in [0, 0.05) is 18.3 Å². The minimum Gasteiger partial charge on any atom is -0.399 e. The van der Waals surface area contributed by atoms with Crippen molar-refractivity contribution in [2.75, 3.05) is 16.6 Å². The van der Waals surface area contributed by atoms with Gasteiger partial charge in [0.2, 0.25) is 0 Å². The normalized spacial score (nSPS) is 15.6. The Balaban J connectivity index is 2.26. The van der Waals surface area contributed by atoms with Crippen LogP contribution in [0, 0.1) is 0 Å². The van der Waals surface area contributed by atoms with E-state index in [2.05, 4.69) is 4.72 Å². The van der Waals surface area contributed by atoms with E-state index < -0.39 is 10.2 Å². The highest BCUT2D eigenvalue weighted by molar-refractivity contribution is 7.90. The number of nitrogens with zero attached hydrogens (tertiary/aromatic N) is 1. The summed E-state index contributed by atoms with van der Waals surface area (Å²) >= 11 is 0. The van der Waals surface area contributed by atoms with Gasteiger partial charge in [-0.1, -0.05) is 13.0 Å². The molecule has 2 rings (SSSR count). The number of rotatable bonds is 6. The van der Waals surface area contributed by atoms with Crippen molar-refractivity contribution in [3.63, 3.8) is 0 Å². The average Bonchev–Trinajstić information content (AvgIpc) is 3.08. The molecule has 18 heavy (non-hydrogen) atoms. The Morgan fingerprint density at radius 1 is 1.44 bits per heavy atom. The van der Waals surface area contributed by atoms with Gasteiger partial charge in [-0.15, -0.1) is 0 Å². The maximum atomic E-state index is 12.3. The molecule has 0 aliphatic heterocycles. The van der Waals surface area contributed by atoms with Crippen LogP contribution in [0.1, 0.15) is 26.2 Å². The first-order chi connectivity index (χ1) is 8.53. The summed E-state index contributed by atoms with van der Waals surface area (Å²) in [6.07, 6.45) is 2.60. The van der Waals surface area contributed by atoms with Crippen LogP contribution in [0.15, 0.2) is 24.3 Å². The molecule has 5 nitrogen and oxygen atoms in total. The molecule has 0 spiro atoms. The summed E-state index contributed by atoms with van der Waals surface area (Å²) in [6, 6.07) is 7.06. The summed E-state index contributed by atoms with van der Waals surface area (Å²) in [6.45, 7) is 2.40. The Bertz CT molecular complexity index is 512. The van der Waals surface area contributed by atoms with E-state index in [0.29, 0.717) is 17.9 Å². The molecule has 0 amide bonds. The molecule has 0 unspecified atom stereocenters. The molecule has 3 N–H and O–H groups in total. The summed E-state index contributed by atoms with van der Waals surface area (Å²) in [4.78, 5) is 0. The van der Waals surface area contributed by atoms with Crippen molar-refractivity contribution in [1.82, 2.24) is 4.72 Å². The van der Waals surface area contributed by atoms with Crippen molar-refractivity contribution in [2.45, 2.75) is 32.2 Å². The zero-order valence-electron chi connectivity index (χ0n) is 10.5. The van der Waals surface area contributed by atoms with Crippen LogP contribution < -0.4 is 14.8 Å². The molecule has 0 aromatic heterocycles. The molecule has 1 aromatic carbocycles. The van der Waals surface area contributed by atoms with Crippen molar-refractivity contribution in [2.24, 2.45) is 0 Å². The smallest absolute Gasteiger partial charge is 0.301 e. The minimum atomic E-state index is -3.46. The van der Waals surface area contributed by atoms with Crippen molar-refractivity contribution >= 4 is 21.6 Å². The van der Waals surface area contributed by atoms with Gasteiger partial charge in [-0.05, 0) is 37.5 Å². The minimum absolute atomic E-state index is 0.107. The molecule has 1 aromatic rings. The van der Waals surface area contributed by atoms with E-state index in [-0.39, 0.29) is 6.04 Å². The highest BCUT2D eigenvalue weighted by Crippen LogP contribution is 2.24. The van der Waals surface area contributed by atoms with Gasteiger partial charge in [-0.2, -0.15) is 13.1 Å². The van der Waals surface area contributed by atoms with Gasteiger partial charge in [-0.25, -0.2) is 0 Å². The molecule has 1 aliphatic carbocycles. The second-order valence-electron chi connectivity index (χ2n) is 4.56. The van der Waals surface area contributed by atoms with E-state index in [0.717, 1.165) is 19.3 Å². The number of hydrogen-bond donors (Lipinski definition) is 2. The molecule has 1 aliphatic rings. The molecule has 0 heterocycles. The SMILES string of the molecule is CCCN(c1cccc(N)c1)S(=O)(=O)NC1CC1. The first kappa shape index (κ1) is 13.2. The summed E-state index contributed by atoms with van der Waals surface area (Å²) in [7, 11) is -3.46. The van der Waals surface area contributed by atoms with Gasteiger partial charge >= 0.3 is 10.2 Å². The molecule has 1 saturated carbocycles. The molecule has 0 bridgehead atoms. The molecule has 6 heteroatoms. The van der Waals surface area contributed by atoms with Crippen molar-refractivity contribution in [3.8, 4) is 0 Å². The quantitative estimate of drug-likeness (QED) is 0.768. The standard InChI is InChI=1S/C12H19N3O2S/c1-2-8-15(12-5-3-4-10(13)9-12)18(16,17)14-11-6-7-11/h3-5,9,11,14H,2,6-8,13H2,1H3. The van der Waals surface area contributed by atoms with Crippen molar-refractivity contribution < 1.29 is 8.42 Å². The molecule has 1 fully saturated rings. The third-order valence-corrected chi connectivity index (χ3v) is 4.37. The van der Waals surface area contributed by atoms with Gasteiger partial charge < -0.3 is 5.73 Å². The molecule has 100 valence electrons. The Morgan fingerprint density at radius 3 is 2.72 bits per heavy atom. The fourth-order valence-corrected chi connectivity index (χ4v) is 3.34.